The second-order valence-corrected chi connectivity index (χ2v) is 2.71. The molecule has 0 aliphatic rings. The summed E-state index contributed by atoms with van der Waals surface area (Å²) in [6.45, 7) is 3.74. The second kappa shape index (κ2) is 3.10. The van der Waals surface area contributed by atoms with E-state index in [0.29, 0.717) is 6.42 Å². The van der Waals surface area contributed by atoms with Crippen molar-refractivity contribution in [3.05, 3.63) is 16.4 Å². The Morgan fingerprint density at radius 2 is 2.42 bits per heavy atom. The molecule has 1 atom stereocenters. The van der Waals surface area contributed by atoms with Crippen LogP contribution < -0.4 is 5.76 Å². The summed E-state index contributed by atoms with van der Waals surface area (Å²) in [6, 6.07) is 0. The molecule has 5 heteroatoms. The highest BCUT2D eigenvalue weighted by Crippen LogP contribution is 2.24. The van der Waals surface area contributed by atoms with Crippen LogP contribution in [0.4, 0.5) is 0 Å². The summed E-state index contributed by atoms with van der Waals surface area (Å²) in [5, 5.41) is 5.89. The first-order valence-corrected chi connectivity index (χ1v) is 3.73. The van der Waals surface area contributed by atoms with Gasteiger partial charge >= 0.3 is 5.76 Å². The number of methoxy groups -OCH3 is 1. The first-order chi connectivity index (χ1) is 5.62. The number of aromatic nitrogens is 2. The molecule has 0 bridgehead atoms. The number of nitrogens with zero attached hydrogens (tertiary/aromatic N) is 1. The molecule has 0 aliphatic heterocycles. The minimum absolute atomic E-state index is 0.289. The summed E-state index contributed by atoms with van der Waals surface area (Å²) in [6.07, 6.45) is 0.692. The fraction of sp³-hybridized carbons (Fsp3) is 0.714. The van der Waals surface area contributed by atoms with Gasteiger partial charge in [0.25, 0.3) is 0 Å². The third kappa shape index (κ3) is 1.40. The molecule has 1 aromatic heterocycles. The molecule has 1 unspecified atom stereocenters. The standard InChI is InChI=1S/C7H12N2O3/c1-4-7(2,11-3)5-8-9-6(10)12-5/h4H2,1-3H3,(H,9,10). The van der Waals surface area contributed by atoms with Crippen molar-refractivity contribution >= 4 is 0 Å². The van der Waals surface area contributed by atoms with Crippen molar-refractivity contribution in [3.8, 4) is 0 Å². The Hall–Kier alpha value is -1.10. The first kappa shape index (κ1) is 8.99. The molecular formula is C7H12N2O3. The van der Waals surface area contributed by atoms with Crippen molar-refractivity contribution in [3.63, 3.8) is 0 Å². The van der Waals surface area contributed by atoms with Crippen molar-refractivity contribution < 1.29 is 9.15 Å². The largest absolute Gasteiger partial charge is 0.434 e. The Bertz CT molecular complexity index is 298. The van der Waals surface area contributed by atoms with E-state index in [2.05, 4.69) is 10.2 Å². The lowest BCUT2D eigenvalue weighted by molar-refractivity contribution is -0.0243. The van der Waals surface area contributed by atoms with Crippen LogP contribution in [0.2, 0.25) is 0 Å². The monoisotopic (exact) mass is 172 g/mol. The van der Waals surface area contributed by atoms with Crippen LogP contribution in [0.25, 0.3) is 0 Å². The molecule has 0 aliphatic carbocycles. The fourth-order valence-corrected chi connectivity index (χ4v) is 0.839. The Balaban J connectivity index is 3.02. The molecule has 68 valence electrons. The van der Waals surface area contributed by atoms with Gasteiger partial charge in [-0.1, -0.05) is 6.92 Å². The molecule has 0 spiro atoms. The van der Waals surface area contributed by atoms with Crippen molar-refractivity contribution in [2.45, 2.75) is 25.9 Å². The van der Waals surface area contributed by atoms with Gasteiger partial charge < -0.3 is 9.15 Å². The van der Waals surface area contributed by atoms with E-state index < -0.39 is 11.4 Å². The summed E-state index contributed by atoms with van der Waals surface area (Å²) in [4.78, 5) is 10.6. The second-order valence-electron chi connectivity index (χ2n) is 2.71. The van der Waals surface area contributed by atoms with Gasteiger partial charge in [-0.15, -0.1) is 5.10 Å². The van der Waals surface area contributed by atoms with Gasteiger partial charge in [0.2, 0.25) is 5.89 Å². The predicted molar refractivity (Wildman–Crippen MR) is 41.8 cm³/mol. The molecule has 0 radical (unpaired) electrons. The molecule has 1 aromatic rings. The Labute approximate surface area is 69.7 Å². The summed E-state index contributed by atoms with van der Waals surface area (Å²) in [7, 11) is 1.55. The zero-order valence-corrected chi connectivity index (χ0v) is 7.38. The van der Waals surface area contributed by atoms with E-state index >= 15 is 0 Å². The molecule has 1 heterocycles. The lowest BCUT2D eigenvalue weighted by Gasteiger charge is -2.21. The van der Waals surface area contributed by atoms with Gasteiger partial charge in [-0.3, -0.25) is 0 Å². The van der Waals surface area contributed by atoms with Gasteiger partial charge in [0.1, 0.15) is 5.60 Å². The Morgan fingerprint density at radius 3 is 2.75 bits per heavy atom. The quantitative estimate of drug-likeness (QED) is 0.726. The SMILES string of the molecule is CCC(C)(OC)c1n[nH]c(=O)o1. The topological polar surface area (TPSA) is 68.1 Å². The molecule has 1 N–H and O–H groups in total. The molecule has 12 heavy (non-hydrogen) atoms. The third-order valence-electron chi connectivity index (χ3n) is 2.02. The van der Waals surface area contributed by atoms with Gasteiger partial charge in [0.05, 0.1) is 0 Å². The summed E-state index contributed by atoms with van der Waals surface area (Å²) in [5.74, 6) is -0.265. The van der Waals surface area contributed by atoms with Crippen LogP contribution in [0.15, 0.2) is 9.21 Å². The zero-order valence-electron chi connectivity index (χ0n) is 7.38. The minimum Gasteiger partial charge on any atom is -0.389 e. The van der Waals surface area contributed by atoms with Crippen molar-refractivity contribution in [1.29, 1.82) is 0 Å². The number of aromatic amines is 1. The van der Waals surface area contributed by atoms with Crippen molar-refractivity contribution in [1.82, 2.24) is 10.2 Å². The van der Waals surface area contributed by atoms with Crippen LogP contribution >= 0.6 is 0 Å². The van der Waals surface area contributed by atoms with Gasteiger partial charge in [0.15, 0.2) is 0 Å². The van der Waals surface area contributed by atoms with E-state index in [4.69, 9.17) is 9.15 Å². The Morgan fingerprint density at radius 1 is 1.75 bits per heavy atom. The van der Waals surface area contributed by atoms with Gasteiger partial charge in [-0.25, -0.2) is 9.89 Å². The molecular weight excluding hydrogens is 160 g/mol. The van der Waals surface area contributed by atoms with E-state index in [9.17, 15) is 4.79 Å². The molecule has 0 fully saturated rings. The fourth-order valence-electron chi connectivity index (χ4n) is 0.839. The number of H-pyrrole nitrogens is 1. The molecule has 0 saturated carbocycles. The number of nitrogens with one attached hydrogen (secondary N) is 1. The van der Waals surface area contributed by atoms with Crippen LogP contribution in [0.3, 0.4) is 0 Å². The highest BCUT2D eigenvalue weighted by Gasteiger charge is 2.29. The molecule has 0 saturated heterocycles. The molecule has 5 nitrogen and oxygen atoms in total. The maximum Gasteiger partial charge on any atom is 0.434 e. The molecule has 1 rings (SSSR count). The summed E-state index contributed by atoms with van der Waals surface area (Å²) in [5.41, 5.74) is -0.612. The Kier molecular flexibility index (Phi) is 2.32. The van der Waals surface area contributed by atoms with Gasteiger partial charge in [-0.05, 0) is 13.3 Å². The number of ether oxygens (including phenoxy) is 1. The van der Waals surface area contributed by atoms with Crippen LogP contribution in [0, 0.1) is 0 Å². The smallest absolute Gasteiger partial charge is 0.389 e. The van der Waals surface area contributed by atoms with Gasteiger partial charge in [-0.2, -0.15) is 0 Å². The van der Waals surface area contributed by atoms with E-state index in [0.717, 1.165) is 0 Å². The molecule has 0 amide bonds. The first-order valence-electron chi connectivity index (χ1n) is 3.73. The minimum atomic E-state index is -0.612. The number of hydrogen-bond acceptors (Lipinski definition) is 4. The van der Waals surface area contributed by atoms with E-state index in [-0.39, 0.29) is 5.89 Å². The normalized spacial score (nSPS) is 15.9. The van der Waals surface area contributed by atoms with Crippen LogP contribution in [-0.4, -0.2) is 17.3 Å². The number of rotatable bonds is 3. The average Bonchev–Trinajstić information content (AvgIpc) is 2.51. The van der Waals surface area contributed by atoms with Crippen molar-refractivity contribution in [2.75, 3.05) is 7.11 Å². The van der Waals surface area contributed by atoms with Crippen LogP contribution in [-0.2, 0) is 10.3 Å². The highest BCUT2D eigenvalue weighted by atomic mass is 16.5. The highest BCUT2D eigenvalue weighted by molar-refractivity contribution is 4.91. The van der Waals surface area contributed by atoms with E-state index in [1.165, 1.54) is 0 Å². The van der Waals surface area contributed by atoms with E-state index in [1.807, 2.05) is 13.8 Å². The maximum atomic E-state index is 10.6. The third-order valence-corrected chi connectivity index (χ3v) is 2.02. The average molecular weight is 172 g/mol. The maximum absolute atomic E-state index is 10.6. The van der Waals surface area contributed by atoms with Crippen LogP contribution in [0.1, 0.15) is 26.2 Å². The summed E-state index contributed by atoms with van der Waals surface area (Å²) < 4.78 is 9.95. The lowest BCUT2D eigenvalue weighted by atomic mass is 10.0. The zero-order chi connectivity index (χ0) is 9.19. The number of hydrogen-bond donors (Lipinski definition) is 1. The summed E-state index contributed by atoms with van der Waals surface area (Å²) >= 11 is 0. The van der Waals surface area contributed by atoms with E-state index in [1.54, 1.807) is 7.11 Å². The van der Waals surface area contributed by atoms with Crippen LogP contribution in [0.5, 0.6) is 0 Å². The molecule has 0 aromatic carbocycles. The van der Waals surface area contributed by atoms with Gasteiger partial charge in [0, 0.05) is 7.11 Å². The van der Waals surface area contributed by atoms with Crippen molar-refractivity contribution in [2.24, 2.45) is 0 Å². The predicted octanol–water partition coefficient (Wildman–Crippen LogP) is 0.634. The lowest BCUT2D eigenvalue weighted by Crippen LogP contribution is -2.23.